The largest absolute Gasteiger partial charge is 0.544 e. The molecular weight excluding hydrogens is 304 g/mol. The van der Waals surface area contributed by atoms with Crippen LogP contribution in [-0.2, 0) is 11.3 Å². The molecule has 0 saturated heterocycles. The van der Waals surface area contributed by atoms with Crippen LogP contribution in [0.1, 0.15) is 17.2 Å². The van der Waals surface area contributed by atoms with Gasteiger partial charge in [-0.2, -0.15) is 8.78 Å². The van der Waals surface area contributed by atoms with Crippen molar-refractivity contribution in [2.45, 2.75) is 18.5 Å². The third-order valence-corrected chi connectivity index (χ3v) is 3.57. The predicted molar refractivity (Wildman–Crippen MR) is 77.8 cm³/mol. The second kappa shape index (κ2) is 7.19. The third kappa shape index (κ3) is 4.04. The van der Waals surface area contributed by atoms with Crippen molar-refractivity contribution in [1.82, 2.24) is 0 Å². The molecule has 2 rings (SSSR count). The number of carboxylic acid groups (broad SMARTS) is 1. The number of aliphatic carboxylic acids is 1. The van der Waals surface area contributed by atoms with Crippen molar-refractivity contribution in [2.24, 2.45) is 0 Å². The number of nitrogens with two attached hydrogens (primary N) is 1. The monoisotopic (exact) mass is 321 g/mol. The molecule has 0 aliphatic carbocycles. The van der Waals surface area contributed by atoms with Crippen LogP contribution in [0.4, 0.5) is 8.78 Å². The first-order valence-electron chi connectivity index (χ1n) is 7.05. The highest BCUT2D eigenvalue weighted by Crippen LogP contribution is 2.29. The minimum atomic E-state index is -4.00. The average Bonchev–Trinajstić information content (AvgIpc) is 2.56. The maximum atomic E-state index is 14.1. The molecule has 4 nitrogen and oxygen atoms in total. The summed E-state index contributed by atoms with van der Waals surface area (Å²) >= 11 is 0. The number of halogens is 2. The summed E-state index contributed by atoms with van der Waals surface area (Å²) in [5, 5.41) is 12.2. The lowest BCUT2D eigenvalue weighted by Gasteiger charge is -2.26. The van der Waals surface area contributed by atoms with E-state index in [2.05, 4.69) is 0 Å². The van der Waals surface area contributed by atoms with Gasteiger partial charge in [-0.3, -0.25) is 0 Å². The van der Waals surface area contributed by atoms with E-state index in [0.29, 0.717) is 5.75 Å². The smallest absolute Gasteiger partial charge is 0.341 e. The molecule has 0 spiro atoms. The summed E-state index contributed by atoms with van der Waals surface area (Å²) in [5.74, 6) is -5.88. The number of carboxylic acids is 1. The molecule has 1 atom stereocenters. The Hall–Kier alpha value is -2.47. The summed E-state index contributed by atoms with van der Waals surface area (Å²) in [4.78, 5) is 10.9. The van der Waals surface area contributed by atoms with Gasteiger partial charge in [0.15, 0.2) is 6.04 Å². The summed E-state index contributed by atoms with van der Waals surface area (Å²) < 4.78 is 33.1. The molecule has 0 unspecified atom stereocenters. The predicted octanol–water partition coefficient (Wildman–Crippen LogP) is 0.885. The summed E-state index contributed by atoms with van der Waals surface area (Å²) in [6.45, 7) is 0.223. The molecule has 0 aliphatic rings. The van der Waals surface area contributed by atoms with E-state index in [9.17, 15) is 18.7 Å². The molecule has 6 heteroatoms. The van der Waals surface area contributed by atoms with Crippen LogP contribution < -0.4 is 15.2 Å². The molecule has 2 aromatic carbocycles. The van der Waals surface area contributed by atoms with Gasteiger partial charge < -0.3 is 20.0 Å². The van der Waals surface area contributed by atoms with Crippen molar-refractivity contribution < 1.29 is 28.7 Å². The van der Waals surface area contributed by atoms with Gasteiger partial charge in [-0.25, -0.2) is 0 Å². The van der Waals surface area contributed by atoms with E-state index in [0.717, 1.165) is 5.56 Å². The number of hydrogen-bond acceptors (Lipinski definition) is 3. The molecule has 0 heterocycles. The number of hydrogen-bond donors (Lipinski definition) is 1. The zero-order valence-corrected chi connectivity index (χ0v) is 12.5. The number of quaternary nitrogens is 1. The maximum absolute atomic E-state index is 14.1. The van der Waals surface area contributed by atoms with E-state index in [1.54, 1.807) is 24.3 Å². The molecule has 0 bridgehead atoms. The number of rotatable bonds is 7. The zero-order valence-electron chi connectivity index (χ0n) is 12.5. The number of carbonyl (C=O) groups is 1. The van der Waals surface area contributed by atoms with Crippen molar-refractivity contribution >= 4 is 5.97 Å². The Kier molecular flexibility index (Phi) is 5.28. The van der Waals surface area contributed by atoms with E-state index in [1.807, 2.05) is 6.07 Å². The van der Waals surface area contributed by atoms with Crippen LogP contribution in [0.2, 0.25) is 0 Å². The van der Waals surface area contributed by atoms with Crippen LogP contribution >= 0.6 is 0 Å². The molecule has 0 radical (unpaired) electrons. The normalized spacial score (nSPS) is 12.7. The number of benzene rings is 2. The minimum absolute atomic E-state index is 0.191. The molecule has 0 fully saturated rings. The van der Waals surface area contributed by atoms with Gasteiger partial charge in [0.25, 0.3) is 0 Å². The van der Waals surface area contributed by atoms with Crippen LogP contribution in [0.15, 0.2) is 54.6 Å². The van der Waals surface area contributed by atoms with Gasteiger partial charge in [-0.1, -0.05) is 30.3 Å². The maximum Gasteiger partial charge on any atom is 0.341 e. The lowest BCUT2D eigenvalue weighted by Crippen LogP contribution is -2.88. The lowest BCUT2D eigenvalue weighted by molar-refractivity contribution is -0.726. The Morgan fingerprint density at radius 1 is 1.17 bits per heavy atom. The molecule has 2 aromatic rings. The Morgan fingerprint density at radius 2 is 1.78 bits per heavy atom. The van der Waals surface area contributed by atoms with Crippen LogP contribution in [0.25, 0.3) is 0 Å². The minimum Gasteiger partial charge on any atom is -0.544 e. The molecule has 0 amide bonds. The van der Waals surface area contributed by atoms with E-state index in [1.165, 1.54) is 36.7 Å². The highest BCUT2D eigenvalue weighted by molar-refractivity contribution is 5.74. The Balaban J connectivity index is 2.25. The van der Waals surface area contributed by atoms with Gasteiger partial charge in [0.05, 0.1) is 7.11 Å². The van der Waals surface area contributed by atoms with Crippen molar-refractivity contribution in [2.75, 3.05) is 7.11 Å². The standard InChI is InChI=1S/C17H17F2NO3/c1-23-14-9-7-13(8-10-14)15(17(18,19)16(21)22)20-11-12-5-3-2-4-6-12/h2-10,15,20H,11H2,1H3,(H,21,22)/t15-/m0/s1. The summed E-state index contributed by atoms with van der Waals surface area (Å²) in [7, 11) is 1.46. The third-order valence-electron chi connectivity index (χ3n) is 3.57. The first kappa shape index (κ1) is 16.9. The van der Waals surface area contributed by atoms with E-state index >= 15 is 0 Å². The average molecular weight is 321 g/mol. The zero-order chi connectivity index (χ0) is 16.9. The quantitative estimate of drug-likeness (QED) is 0.823. The fraction of sp³-hybridized carbons (Fsp3) is 0.235. The molecular formula is C17H17F2NO3. The number of alkyl halides is 2. The van der Waals surface area contributed by atoms with Crippen LogP contribution in [0.3, 0.4) is 0 Å². The van der Waals surface area contributed by atoms with Crippen LogP contribution in [0, 0.1) is 0 Å². The molecule has 122 valence electrons. The fourth-order valence-electron chi connectivity index (χ4n) is 2.30. The first-order valence-corrected chi connectivity index (χ1v) is 7.05. The molecule has 2 N–H and O–H groups in total. The first-order chi connectivity index (χ1) is 10.9. The van der Waals surface area contributed by atoms with Gasteiger partial charge in [0.2, 0.25) is 0 Å². The Morgan fingerprint density at radius 3 is 2.30 bits per heavy atom. The van der Waals surface area contributed by atoms with Gasteiger partial charge in [0, 0.05) is 11.1 Å². The van der Waals surface area contributed by atoms with E-state index < -0.39 is 17.9 Å². The van der Waals surface area contributed by atoms with E-state index in [-0.39, 0.29) is 12.1 Å². The fourth-order valence-corrected chi connectivity index (χ4v) is 2.30. The van der Waals surface area contributed by atoms with Crippen molar-refractivity contribution in [3.63, 3.8) is 0 Å². The highest BCUT2D eigenvalue weighted by Gasteiger charge is 2.45. The number of carbonyl (C=O) groups excluding carboxylic acids is 1. The SMILES string of the molecule is COc1ccc([C@H]([NH2+]Cc2ccccc2)C(F)(F)C(=O)[O-])cc1. The number of ether oxygens (including phenoxy) is 1. The lowest BCUT2D eigenvalue weighted by atomic mass is 9.99. The summed E-state index contributed by atoms with van der Waals surface area (Å²) in [6.07, 6.45) is 0. The van der Waals surface area contributed by atoms with Gasteiger partial charge >= 0.3 is 5.92 Å². The second-order valence-corrected chi connectivity index (χ2v) is 5.09. The number of methoxy groups -OCH3 is 1. The van der Waals surface area contributed by atoms with Crippen LogP contribution in [-0.4, -0.2) is 19.0 Å². The van der Waals surface area contributed by atoms with Crippen molar-refractivity contribution in [1.29, 1.82) is 0 Å². The molecule has 0 aromatic heterocycles. The topological polar surface area (TPSA) is 66.0 Å². The summed E-state index contributed by atoms with van der Waals surface area (Å²) in [6, 6.07) is 13.3. The van der Waals surface area contributed by atoms with Crippen LogP contribution in [0.5, 0.6) is 5.75 Å². The second-order valence-electron chi connectivity index (χ2n) is 5.09. The molecule has 0 saturated carbocycles. The van der Waals surface area contributed by atoms with E-state index in [4.69, 9.17) is 4.74 Å². The Bertz CT molecular complexity index is 645. The molecule has 23 heavy (non-hydrogen) atoms. The highest BCUT2D eigenvalue weighted by atomic mass is 19.3. The van der Waals surface area contributed by atoms with Crippen molar-refractivity contribution in [3.8, 4) is 5.75 Å². The van der Waals surface area contributed by atoms with Gasteiger partial charge in [0.1, 0.15) is 18.3 Å². The van der Waals surface area contributed by atoms with Gasteiger partial charge in [-0.05, 0) is 24.3 Å². The van der Waals surface area contributed by atoms with Crippen molar-refractivity contribution in [3.05, 3.63) is 65.7 Å². The Labute approximate surface area is 132 Å². The summed E-state index contributed by atoms with van der Waals surface area (Å²) in [5.41, 5.74) is 1.01. The van der Waals surface area contributed by atoms with Gasteiger partial charge in [-0.15, -0.1) is 0 Å². The molecule has 0 aliphatic heterocycles.